The molecule has 2 fully saturated rings. The lowest BCUT2D eigenvalue weighted by Gasteiger charge is -2.05. The molecule has 0 bridgehead atoms. The third kappa shape index (κ3) is 8.07. The molecule has 1 saturated heterocycles. The van der Waals surface area contributed by atoms with Gasteiger partial charge in [-0.2, -0.15) is 0 Å². The fraction of sp³-hybridized carbons (Fsp3) is 0.500. The van der Waals surface area contributed by atoms with E-state index >= 15 is 0 Å². The van der Waals surface area contributed by atoms with Crippen molar-refractivity contribution >= 4 is 34.8 Å². The summed E-state index contributed by atoms with van der Waals surface area (Å²) in [5, 5.41) is 6.48. The van der Waals surface area contributed by atoms with Gasteiger partial charge in [-0.25, -0.2) is 4.79 Å². The summed E-state index contributed by atoms with van der Waals surface area (Å²) >= 11 is 0. The number of nitrogens with one attached hydrogen (secondary N) is 2. The second-order valence-electron chi connectivity index (χ2n) is 6.90. The standard InChI is InChI=1S/C12H11NO4.C6H10O.C4H9N/c1-2-16-12(15)11-6-8-5-9(13-7-14)3-4-10(8)17-11;7-6-4-2-1-3-5-6;1-2-4-5-3-1/h3-7H,2H2,1H3,(H,13,14);1-5H2;5H,1-4H2. The molecule has 2 heterocycles. The first-order valence-corrected chi connectivity index (χ1v) is 10.3. The molecule has 1 aliphatic heterocycles. The molecule has 7 nitrogen and oxygen atoms in total. The van der Waals surface area contributed by atoms with E-state index in [-0.39, 0.29) is 5.76 Å². The summed E-state index contributed by atoms with van der Waals surface area (Å²) in [7, 11) is 0. The Morgan fingerprint density at radius 3 is 2.38 bits per heavy atom. The number of hydrogen-bond donors (Lipinski definition) is 2. The van der Waals surface area contributed by atoms with Crippen LogP contribution in [0, 0.1) is 0 Å². The van der Waals surface area contributed by atoms with Crippen LogP contribution in [0.2, 0.25) is 0 Å². The molecule has 1 saturated carbocycles. The van der Waals surface area contributed by atoms with Crippen LogP contribution >= 0.6 is 0 Å². The quantitative estimate of drug-likeness (QED) is 0.591. The van der Waals surface area contributed by atoms with E-state index in [2.05, 4.69) is 10.6 Å². The minimum atomic E-state index is -0.492. The summed E-state index contributed by atoms with van der Waals surface area (Å²) in [6, 6.07) is 6.68. The zero-order valence-corrected chi connectivity index (χ0v) is 17.0. The SMILES string of the molecule is C1CCNC1.CCOC(=O)c1cc2cc(NC=O)ccc2o1.O=C1CCCCC1. The number of hydrogen-bond acceptors (Lipinski definition) is 6. The van der Waals surface area contributed by atoms with Gasteiger partial charge in [-0.1, -0.05) is 6.42 Å². The number of furan rings is 1. The molecule has 2 aromatic rings. The average Bonchev–Trinajstić information content (AvgIpc) is 3.42. The molecule has 2 N–H and O–H groups in total. The molecule has 1 aliphatic carbocycles. The zero-order valence-electron chi connectivity index (χ0n) is 17.0. The number of rotatable bonds is 4. The first kappa shape index (κ1) is 22.6. The van der Waals surface area contributed by atoms with Gasteiger partial charge >= 0.3 is 5.97 Å². The lowest BCUT2D eigenvalue weighted by Crippen LogP contribution is -2.03. The number of esters is 1. The van der Waals surface area contributed by atoms with Crippen molar-refractivity contribution in [2.24, 2.45) is 0 Å². The molecule has 1 amide bonds. The molecule has 0 radical (unpaired) electrons. The largest absolute Gasteiger partial charge is 0.460 e. The highest BCUT2D eigenvalue weighted by atomic mass is 16.5. The molecule has 29 heavy (non-hydrogen) atoms. The molecule has 1 aromatic carbocycles. The van der Waals surface area contributed by atoms with Crippen molar-refractivity contribution in [3.63, 3.8) is 0 Å². The number of fused-ring (bicyclic) bond motifs is 1. The lowest BCUT2D eigenvalue weighted by molar-refractivity contribution is -0.120. The van der Waals surface area contributed by atoms with E-state index in [9.17, 15) is 14.4 Å². The van der Waals surface area contributed by atoms with Gasteiger partial charge in [0.2, 0.25) is 12.2 Å². The fourth-order valence-corrected chi connectivity index (χ4v) is 3.08. The number of carbonyl (C=O) groups excluding carboxylic acids is 3. The van der Waals surface area contributed by atoms with Gasteiger partial charge < -0.3 is 19.8 Å². The zero-order chi connectivity index (χ0) is 20.9. The molecule has 0 atom stereocenters. The van der Waals surface area contributed by atoms with E-state index in [1.165, 1.54) is 32.4 Å². The van der Waals surface area contributed by atoms with Crippen molar-refractivity contribution in [2.45, 2.75) is 51.9 Å². The third-order valence-electron chi connectivity index (χ3n) is 4.59. The van der Waals surface area contributed by atoms with Crippen LogP contribution in [0.25, 0.3) is 11.0 Å². The Morgan fingerprint density at radius 1 is 1.14 bits per heavy atom. The van der Waals surface area contributed by atoms with Crippen molar-refractivity contribution in [1.82, 2.24) is 5.32 Å². The van der Waals surface area contributed by atoms with Gasteiger partial charge in [-0.15, -0.1) is 0 Å². The Labute approximate surface area is 171 Å². The van der Waals surface area contributed by atoms with E-state index < -0.39 is 5.97 Å². The molecular weight excluding hydrogens is 372 g/mol. The molecule has 1 aromatic heterocycles. The van der Waals surface area contributed by atoms with Crippen LogP contribution in [0.3, 0.4) is 0 Å². The molecule has 0 spiro atoms. The third-order valence-corrected chi connectivity index (χ3v) is 4.59. The second kappa shape index (κ2) is 12.7. The van der Waals surface area contributed by atoms with Crippen LogP contribution in [0.15, 0.2) is 28.7 Å². The Hall–Kier alpha value is -2.67. The normalized spacial score (nSPS) is 15.6. The van der Waals surface area contributed by atoms with Gasteiger partial charge in [-0.05, 0) is 70.0 Å². The second-order valence-corrected chi connectivity index (χ2v) is 6.90. The molecule has 158 valence electrons. The van der Waals surface area contributed by atoms with Gasteiger partial charge in [-0.3, -0.25) is 9.59 Å². The van der Waals surface area contributed by atoms with Gasteiger partial charge in [0.05, 0.1) is 6.61 Å². The number of ether oxygens (including phenoxy) is 1. The summed E-state index contributed by atoms with van der Waals surface area (Å²) < 4.78 is 10.2. The van der Waals surface area contributed by atoms with Crippen LogP contribution in [0.5, 0.6) is 0 Å². The maximum Gasteiger partial charge on any atom is 0.374 e. The fourth-order valence-electron chi connectivity index (χ4n) is 3.08. The van der Waals surface area contributed by atoms with Crippen LogP contribution in [0.4, 0.5) is 5.69 Å². The highest BCUT2D eigenvalue weighted by Gasteiger charge is 2.13. The van der Waals surface area contributed by atoms with Gasteiger partial charge in [0.15, 0.2) is 0 Å². The molecular formula is C22H30N2O5. The Bertz CT molecular complexity index is 780. The average molecular weight is 402 g/mol. The molecule has 4 rings (SSSR count). The molecule has 2 aliphatic rings. The van der Waals surface area contributed by atoms with E-state index in [0.29, 0.717) is 30.1 Å². The summed E-state index contributed by atoms with van der Waals surface area (Å²) in [4.78, 5) is 32.2. The highest BCUT2D eigenvalue weighted by Crippen LogP contribution is 2.23. The maximum atomic E-state index is 11.4. The number of anilines is 1. The highest BCUT2D eigenvalue weighted by molar-refractivity contribution is 5.94. The Morgan fingerprint density at radius 2 is 1.86 bits per heavy atom. The predicted molar refractivity (Wildman–Crippen MR) is 112 cm³/mol. The van der Waals surface area contributed by atoms with E-state index in [4.69, 9.17) is 9.15 Å². The first-order chi connectivity index (χ1) is 14.1. The smallest absolute Gasteiger partial charge is 0.374 e. The van der Waals surface area contributed by atoms with Crippen molar-refractivity contribution < 1.29 is 23.5 Å². The Kier molecular flexibility index (Phi) is 9.92. The minimum Gasteiger partial charge on any atom is -0.460 e. The van der Waals surface area contributed by atoms with Crippen molar-refractivity contribution in [3.8, 4) is 0 Å². The van der Waals surface area contributed by atoms with E-state index in [0.717, 1.165) is 31.1 Å². The van der Waals surface area contributed by atoms with Crippen LogP contribution in [0.1, 0.15) is 62.4 Å². The van der Waals surface area contributed by atoms with Crippen molar-refractivity contribution in [2.75, 3.05) is 25.0 Å². The number of carbonyl (C=O) groups is 3. The van der Waals surface area contributed by atoms with Gasteiger partial charge in [0, 0.05) is 23.9 Å². The maximum absolute atomic E-state index is 11.4. The summed E-state index contributed by atoms with van der Waals surface area (Å²) in [6.45, 7) is 4.53. The molecule has 0 unspecified atom stereocenters. The Balaban J connectivity index is 0.000000203. The number of benzene rings is 1. The van der Waals surface area contributed by atoms with Crippen LogP contribution < -0.4 is 10.6 Å². The number of Topliss-reactive ketones (excluding diaryl/α,β-unsaturated/α-hetero) is 1. The first-order valence-electron chi connectivity index (χ1n) is 10.3. The van der Waals surface area contributed by atoms with E-state index in [1.807, 2.05) is 0 Å². The van der Waals surface area contributed by atoms with Crippen LogP contribution in [-0.2, 0) is 14.3 Å². The number of amides is 1. The minimum absolute atomic E-state index is 0.158. The monoisotopic (exact) mass is 402 g/mol. The van der Waals surface area contributed by atoms with Gasteiger partial charge in [0.25, 0.3) is 0 Å². The van der Waals surface area contributed by atoms with Crippen LogP contribution in [-0.4, -0.2) is 37.9 Å². The van der Waals surface area contributed by atoms with Gasteiger partial charge in [0.1, 0.15) is 11.4 Å². The summed E-state index contributed by atoms with van der Waals surface area (Å²) in [5.41, 5.74) is 1.22. The summed E-state index contributed by atoms with van der Waals surface area (Å²) in [5.74, 6) is 0.130. The van der Waals surface area contributed by atoms with Crippen molar-refractivity contribution in [3.05, 3.63) is 30.0 Å². The lowest BCUT2D eigenvalue weighted by atomic mass is 10.00. The topological polar surface area (TPSA) is 97.6 Å². The van der Waals surface area contributed by atoms with Crippen molar-refractivity contribution in [1.29, 1.82) is 0 Å². The summed E-state index contributed by atoms with van der Waals surface area (Å²) in [6.07, 6.45) is 8.61. The van der Waals surface area contributed by atoms with E-state index in [1.54, 1.807) is 31.2 Å². The molecule has 7 heteroatoms. The number of ketones is 1. The predicted octanol–water partition coefficient (Wildman–Crippen LogP) is 4.07.